The molecule has 0 aliphatic carbocycles. The smallest absolute Gasteiger partial charge is 0.232 e. The van der Waals surface area contributed by atoms with Crippen molar-refractivity contribution in [2.75, 3.05) is 47.4 Å². The van der Waals surface area contributed by atoms with Gasteiger partial charge < -0.3 is 15.4 Å². The van der Waals surface area contributed by atoms with Crippen molar-refractivity contribution in [3.63, 3.8) is 0 Å². The molecule has 0 atom stereocenters. The van der Waals surface area contributed by atoms with E-state index in [1.54, 1.807) is 31.3 Å². The molecule has 1 saturated heterocycles. The Kier molecular flexibility index (Phi) is 5.16. The van der Waals surface area contributed by atoms with Crippen molar-refractivity contribution in [1.82, 2.24) is 19.9 Å². The van der Waals surface area contributed by atoms with Gasteiger partial charge in [-0.05, 0) is 19.1 Å². The van der Waals surface area contributed by atoms with Gasteiger partial charge in [0.05, 0.1) is 30.9 Å². The number of rotatable bonds is 5. The molecule has 4 rings (SSSR count). The van der Waals surface area contributed by atoms with E-state index in [2.05, 4.69) is 19.7 Å². The number of fused-ring (bicyclic) bond motifs is 1. The molecular formula is C18H21N7O3S. The lowest BCUT2D eigenvalue weighted by Crippen LogP contribution is -2.37. The third-order valence-corrected chi connectivity index (χ3v) is 5.84. The highest BCUT2D eigenvalue weighted by Gasteiger charge is 2.19. The number of hydrogen-bond donors (Lipinski definition) is 2. The van der Waals surface area contributed by atoms with Gasteiger partial charge in [0.25, 0.3) is 0 Å². The first-order valence-corrected chi connectivity index (χ1v) is 10.8. The van der Waals surface area contributed by atoms with Crippen molar-refractivity contribution in [2.24, 2.45) is 0 Å². The number of nitrogen functional groups attached to an aromatic ring is 1. The number of nitrogens with zero attached hydrogens (tertiary/aromatic N) is 5. The standard InChI is InChI=1S/C18H21N7O3S/c1-2-29(26,27)24-13-5-3-4-12(10-13)14-11-20-16-15(21-14)17(23-18(19)22-16)25-6-8-28-9-7-25/h3-5,10-11,24H,2,6-9H2,1H3,(H2,19,20,22,23). The first kappa shape index (κ1) is 19.3. The maximum Gasteiger partial charge on any atom is 0.232 e. The van der Waals surface area contributed by atoms with Gasteiger partial charge in [-0.1, -0.05) is 12.1 Å². The number of nitrogens with one attached hydrogen (secondary N) is 1. The van der Waals surface area contributed by atoms with E-state index in [1.807, 2.05) is 11.0 Å². The number of sulfonamides is 1. The van der Waals surface area contributed by atoms with E-state index < -0.39 is 10.0 Å². The van der Waals surface area contributed by atoms with Crippen LogP contribution in [0.15, 0.2) is 30.5 Å². The predicted octanol–water partition coefficient (Wildman–Crippen LogP) is 1.27. The minimum Gasteiger partial charge on any atom is -0.378 e. The molecule has 152 valence electrons. The summed E-state index contributed by atoms with van der Waals surface area (Å²) in [4.78, 5) is 19.7. The van der Waals surface area contributed by atoms with Crippen LogP contribution in [0.1, 0.15) is 6.92 Å². The molecule has 0 unspecified atom stereocenters. The molecule has 0 radical (unpaired) electrons. The van der Waals surface area contributed by atoms with Crippen molar-refractivity contribution in [1.29, 1.82) is 0 Å². The lowest BCUT2D eigenvalue weighted by atomic mass is 10.1. The summed E-state index contributed by atoms with van der Waals surface area (Å²) >= 11 is 0. The van der Waals surface area contributed by atoms with Crippen molar-refractivity contribution < 1.29 is 13.2 Å². The van der Waals surface area contributed by atoms with E-state index >= 15 is 0 Å². The van der Waals surface area contributed by atoms with Crippen molar-refractivity contribution in [3.05, 3.63) is 30.5 Å². The highest BCUT2D eigenvalue weighted by Crippen LogP contribution is 2.27. The molecule has 3 aromatic rings. The first-order valence-electron chi connectivity index (χ1n) is 9.19. The van der Waals surface area contributed by atoms with Crippen molar-refractivity contribution >= 4 is 38.6 Å². The topological polar surface area (TPSA) is 136 Å². The summed E-state index contributed by atoms with van der Waals surface area (Å²) in [6, 6.07) is 7.01. The average Bonchev–Trinajstić information content (AvgIpc) is 2.73. The zero-order valence-electron chi connectivity index (χ0n) is 15.9. The Labute approximate surface area is 168 Å². The van der Waals surface area contributed by atoms with Gasteiger partial charge in [-0.25, -0.2) is 18.4 Å². The quantitative estimate of drug-likeness (QED) is 0.631. The molecule has 0 amide bonds. The molecule has 10 nitrogen and oxygen atoms in total. The van der Waals surface area contributed by atoms with Crippen LogP contribution in [0.5, 0.6) is 0 Å². The highest BCUT2D eigenvalue weighted by molar-refractivity contribution is 7.92. The largest absolute Gasteiger partial charge is 0.378 e. The fourth-order valence-electron chi connectivity index (χ4n) is 3.04. The van der Waals surface area contributed by atoms with Crippen LogP contribution in [0.3, 0.4) is 0 Å². The van der Waals surface area contributed by atoms with Crippen LogP contribution in [0.4, 0.5) is 17.5 Å². The number of nitrogens with two attached hydrogens (primary N) is 1. The fourth-order valence-corrected chi connectivity index (χ4v) is 3.67. The molecule has 0 saturated carbocycles. The Bertz CT molecular complexity index is 1150. The molecule has 3 heterocycles. The van der Waals surface area contributed by atoms with Gasteiger partial charge in [-0.3, -0.25) is 4.72 Å². The van der Waals surface area contributed by atoms with Crippen LogP contribution in [0.2, 0.25) is 0 Å². The summed E-state index contributed by atoms with van der Waals surface area (Å²) in [5.41, 5.74) is 8.58. The SMILES string of the molecule is CCS(=O)(=O)Nc1cccc(-c2cnc3nc(N)nc(N4CCOCC4)c3n2)c1. The van der Waals surface area contributed by atoms with Gasteiger partial charge in [-0.2, -0.15) is 9.97 Å². The molecule has 0 spiro atoms. The molecule has 0 bridgehead atoms. The number of benzene rings is 1. The summed E-state index contributed by atoms with van der Waals surface area (Å²) in [7, 11) is -3.37. The van der Waals surface area contributed by atoms with Crippen molar-refractivity contribution in [2.45, 2.75) is 6.92 Å². The summed E-state index contributed by atoms with van der Waals surface area (Å²) < 4.78 is 31.7. The van der Waals surface area contributed by atoms with Gasteiger partial charge in [0, 0.05) is 24.3 Å². The summed E-state index contributed by atoms with van der Waals surface area (Å²) in [5, 5.41) is 0. The second-order valence-corrected chi connectivity index (χ2v) is 8.53. The van der Waals surface area contributed by atoms with Crippen LogP contribution < -0.4 is 15.4 Å². The maximum atomic E-state index is 11.9. The van der Waals surface area contributed by atoms with Crippen LogP contribution in [0, 0.1) is 0 Å². The molecule has 2 aromatic heterocycles. The highest BCUT2D eigenvalue weighted by atomic mass is 32.2. The summed E-state index contributed by atoms with van der Waals surface area (Å²) in [6.45, 7) is 4.12. The third kappa shape index (κ3) is 4.20. The number of morpholine rings is 1. The van der Waals surface area contributed by atoms with Gasteiger partial charge in [0.15, 0.2) is 17.0 Å². The number of ether oxygens (including phenoxy) is 1. The van der Waals surface area contributed by atoms with Crippen LogP contribution >= 0.6 is 0 Å². The van der Waals surface area contributed by atoms with E-state index in [1.165, 1.54) is 0 Å². The molecule has 1 aliphatic rings. The zero-order chi connectivity index (χ0) is 20.4. The molecule has 1 aromatic carbocycles. The molecule has 1 aliphatic heterocycles. The Morgan fingerprint density at radius 3 is 2.76 bits per heavy atom. The van der Waals surface area contributed by atoms with Gasteiger partial charge in [0.2, 0.25) is 16.0 Å². The van der Waals surface area contributed by atoms with E-state index in [4.69, 9.17) is 15.5 Å². The van der Waals surface area contributed by atoms with Crippen molar-refractivity contribution in [3.8, 4) is 11.3 Å². The summed E-state index contributed by atoms with van der Waals surface area (Å²) in [5.74, 6) is 0.749. The Hall–Kier alpha value is -3.05. The molecular weight excluding hydrogens is 394 g/mol. The van der Waals surface area contributed by atoms with Gasteiger partial charge in [0.1, 0.15) is 0 Å². The van der Waals surface area contributed by atoms with E-state index in [0.717, 1.165) is 5.56 Å². The third-order valence-electron chi connectivity index (χ3n) is 4.53. The number of hydrogen-bond acceptors (Lipinski definition) is 9. The average molecular weight is 415 g/mol. The first-order chi connectivity index (χ1) is 13.9. The minimum absolute atomic E-state index is 0.00528. The summed E-state index contributed by atoms with van der Waals surface area (Å²) in [6.07, 6.45) is 1.59. The zero-order valence-corrected chi connectivity index (χ0v) is 16.7. The minimum atomic E-state index is -3.37. The second-order valence-electron chi connectivity index (χ2n) is 6.52. The Morgan fingerprint density at radius 2 is 2.00 bits per heavy atom. The number of aromatic nitrogens is 4. The Balaban J connectivity index is 1.76. The lowest BCUT2D eigenvalue weighted by molar-refractivity contribution is 0.122. The maximum absolute atomic E-state index is 11.9. The van der Waals surface area contributed by atoms with Gasteiger partial charge >= 0.3 is 0 Å². The molecule has 3 N–H and O–H groups in total. The fraction of sp³-hybridized carbons (Fsp3) is 0.333. The monoisotopic (exact) mass is 415 g/mol. The van der Waals surface area contributed by atoms with Crippen LogP contribution in [-0.4, -0.2) is 60.4 Å². The van der Waals surface area contributed by atoms with Gasteiger partial charge in [-0.15, -0.1) is 0 Å². The van der Waals surface area contributed by atoms with Crippen LogP contribution in [-0.2, 0) is 14.8 Å². The Morgan fingerprint density at radius 1 is 1.21 bits per heavy atom. The van der Waals surface area contributed by atoms with Crippen LogP contribution in [0.25, 0.3) is 22.4 Å². The second kappa shape index (κ2) is 7.76. The lowest BCUT2D eigenvalue weighted by Gasteiger charge is -2.28. The number of anilines is 3. The van der Waals surface area contributed by atoms with E-state index in [-0.39, 0.29) is 11.7 Å². The molecule has 29 heavy (non-hydrogen) atoms. The van der Waals surface area contributed by atoms with E-state index in [9.17, 15) is 8.42 Å². The predicted molar refractivity (Wildman–Crippen MR) is 111 cm³/mol. The van der Waals surface area contributed by atoms with E-state index in [0.29, 0.717) is 54.7 Å². The molecule has 11 heteroatoms. The molecule has 1 fully saturated rings. The normalized spacial score (nSPS) is 14.9.